The van der Waals surface area contributed by atoms with E-state index in [1.807, 2.05) is 13.0 Å². The van der Waals surface area contributed by atoms with E-state index in [0.29, 0.717) is 5.69 Å². The molecule has 0 aliphatic rings. The van der Waals surface area contributed by atoms with Crippen LogP contribution in [0.1, 0.15) is 5.56 Å². The highest BCUT2D eigenvalue weighted by atomic mass is 79.9. The Morgan fingerprint density at radius 1 is 1.75 bits per heavy atom. The van der Waals surface area contributed by atoms with E-state index >= 15 is 0 Å². The normalized spacial score (nSPS) is 12.2. The van der Waals surface area contributed by atoms with Gasteiger partial charge in [-0.2, -0.15) is 0 Å². The molecule has 0 saturated carbocycles. The minimum Gasteiger partial charge on any atom is -0.370 e. The number of amides is 1. The number of halogens is 1. The van der Waals surface area contributed by atoms with E-state index in [4.69, 9.17) is 10.5 Å². The van der Waals surface area contributed by atoms with Crippen LogP contribution in [0.4, 0.5) is 5.69 Å². The topological polar surface area (TPSA) is 77.2 Å². The molecule has 3 N–H and O–H groups in total. The summed E-state index contributed by atoms with van der Waals surface area (Å²) in [6.07, 6.45) is 0.932. The van der Waals surface area contributed by atoms with E-state index in [2.05, 4.69) is 26.2 Å². The van der Waals surface area contributed by atoms with Crippen LogP contribution < -0.4 is 11.1 Å². The number of rotatable bonds is 4. The van der Waals surface area contributed by atoms with Crippen LogP contribution in [0, 0.1) is 6.92 Å². The summed E-state index contributed by atoms with van der Waals surface area (Å²) in [5.74, 6) is -0.270. The standard InChI is InChI=1S/C10H14BrN3O2/c1-6-3-7(5-13-9(6)11)14-10(15)8(4-12)16-2/h3,5,8H,4,12H2,1-2H3,(H,14,15). The zero-order chi connectivity index (χ0) is 12.1. The van der Waals surface area contributed by atoms with E-state index in [9.17, 15) is 4.79 Å². The smallest absolute Gasteiger partial charge is 0.254 e. The molecule has 0 saturated heterocycles. The average molecular weight is 288 g/mol. The Hall–Kier alpha value is -0.980. The van der Waals surface area contributed by atoms with Crippen molar-refractivity contribution in [2.24, 2.45) is 5.73 Å². The number of nitrogens with two attached hydrogens (primary N) is 1. The van der Waals surface area contributed by atoms with Crippen molar-refractivity contribution in [3.63, 3.8) is 0 Å². The second kappa shape index (κ2) is 5.93. The molecule has 0 fully saturated rings. The van der Waals surface area contributed by atoms with Crippen LogP contribution in [0.5, 0.6) is 0 Å². The SMILES string of the molecule is COC(CN)C(=O)Nc1cnc(Br)c(C)c1. The number of hydrogen-bond donors (Lipinski definition) is 2. The van der Waals surface area contributed by atoms with Gasteiger partial charge in [0.2, 0.25) is 0 Å². The summed E-state index contributed by atoms with van der Waals surface area (Å²) in [4.78, 5) is 15.7. The molecular formula is C10H14BrN3O2. The van der Waals surface area contributed by atoms with E-state index in [0.717, 1.165) is 10.2 Å². The van der Waals surface area contributed by atoms with Gasteiger partial charge in [-0.1, -0.05) is 0 Å². The Bertz CT molecular complexity index is 380. The lowest BCUT2D eigenvalue weighted by Gasteiger charge is -2.13. The predicted octanol–water partition coefficient (Wildman–Crippen LogP) is 1.06. The first kappa shape index (κ1) is 13.1. The Morgan fingerprint density at radius 2 is 2.44 bits per heavy atom. The summed E-state index contributed by atoms with van der Waals surface area (Å²) in [5, 5.41) is 2.68. The van der Waals surface area contributed by atoms with E-state index in [1.54, 1.807) is 6.20 Å². The largest absolute Gasteiger partial charge is 0.370 e. The van der Waals surface area contributed by atoms with Crippen LogP contribution >= 0.6 is 15.9 Å². The first-order valence-corrected chi connectivity index (χ1v) is 5.53. The highest BCUT2D eigenvalue weighted by Crippen LogP contribution is 2.16. The molecule has 0 bridgehead atoms. The van der Waals surface area contributed by atoms with Crippen molar-refractivity contribution in [1.29, 1.82) is 0 Å². The molecule has 0 aromatic carbocycles. The lowest BCUT2D eigenvalue weighted by molar-refractivity contribution is -0.125. The maximum atomic E-state index is 11.6. The van der Waals surface area contributed by atoms with Crippen molar-refractivity contribution in [2.45, 2.75) is 13.0 Å². The average Bonchev–Trinajstić information content (AvgIpc) is 2.25. The fraction of sp³-hybridized carbons (Fsp3) is 0.400. The van der Waals surface area contributed by atoms with Gasteiger partial charge in [-0.25, -0.2) is 4.98 Å². The van der Waals surface area contributed by atoms with Gasteiger partial charge in [0.15, 0.2) is 0 Å². The van der Waals surface area contributed by atoms with E-state index in [-0.39, 0.29) is 12.5 Å². The number of aromatic nitrogens is 1. The quantitative estimate of drug-likeness (QED) is 0.812. The number of pyridine rings is 1. The van der Waals surface area contributed by atoms with Gasteiger partial charge in [-0.3, -0.25) is 4.79 Å². The van der Waals surface area contributed by atoms with Crippen molar-refractivity contribution < 1.29 is 9.53 Å². The van der Waals surface area contributed by atoms with E-state index < -0.39 is 6.10 Å². The molecule has 1 heterocycles. The third-order valence-corrected chi connectivity index (χ3v) is 2.90. The van der Waals surface area contributed by atoms with Gasteiger partial charge in [0.05, 0.1) is 11.9 Å². The molecular weight excluding hydrogens is 274 g/mol. The van der Waals surface area contributed by atoms with Crippen LogP contribution in [-0.2, 0) is 9.53 Å². The van der Waals surface area contributed by atoms with Gasteiger partial charge in [0.1, 0.15) is 10.7 Å². The summed E-state index contributed by atoms with van der Waals surface area (Å²) < 4.78 is 5.68. The molecule has 1 rings (SSSR count). The molecule has 6 heteroatoms. The van der Waals surface area contributed by atoms with Crippen LogP contribution in [0.2, 0.25) is 0 Å². The number of anilines is 1. The van der Waals surface area contributed by atoms with Crippen LogP contribution in [0.25, 0.3) is 0 Å². The lowest BCUT2D eigenvalue weighted by atomic mass is 10.2. The van der Waals surface area contributed by atoms with Gasteiger partial charge in [0, 0.05) is 13.7 Å². The van der Waals surface area contributed by atoms with Crippen molar-refractivity contribution in [3.8, 4) is 0 Å². The van der Waals surface area contributed by atoms with Crippen LogP contribution in [0.15, 0.2) is 16.9 Å². The number of aryl methyl sites for hydroxylation is 1. The summed E-state index contributed by atoms with van der Waals surface area (Å²) in [6.45, 7) is 2.04. The Labute approximate surface area is 103 Å². The van der Waals surface area contributed by atoms with Gasteiger partial charge in [-0.05, 0) is 34.5 Å². The fourth-order valence-electron chi connectivity index (χ4n) is 1.16. The molecule has 88 valence electrons. The number of methoxy groups -OCH3 is 1. The zero-order valence-electron chi connectivity index (χ0n) is 9.16. The maximum Gasteiger partial charge on any atom is 0.254 e. The molecule has 1 unspecified atom stereocenters. The molecule has 0 spiro atoms. The molecule has 1 atom stereocenters. The number of ether oxygens (including phenoxy) is 1. The van der Waals surface area contributed by atoms with E-state index in [1.165, 1.54) is 7.11 Å². The minimum atomic E-state index is -0.635. The van der Waals surface area contributed by atoms with Crippen molar-refractivity contribution in [3.05, 3.63) is 22.4 Å². The summed E-state index contributed by atoms with van der Waals surface area (Å²) in [6, 6.07) is 1.82. The highest BCUT2D eigenvalue weighted by Gasteiger charge is 2.15. The van der Waals surface area contributed by atoms with Crippen molar-refractivity contribution in [2.75, 3.05) is 19.0 Å². The molecule has 5 nitrogen and oxygen atoms in total. The summed E-state index contributed by atoms with van der Waals surface area (Å²) in [7, 11) is 1.45. The zero-order valence-corrected chi connectivity index (χ0v) is 10.7. The van der Waals surface area contributed by atoms with Crippen LogP contribution in [0.3, 0.4) is 0 Å². The number of hydrogen-bond acceptors (Lipinski definition) is 4. The molecule has 1 aromatic rings. The van der Waals surface area contributed by atoms with Gasteiger partial charge < -0.3 is 15.8 Å². The third kappa shape index (κ3) is 3.26. The number of nitrogens with one attached hydrogen (secondary N) is 1. The fourth-order valence-corrected chi connectivity index (χ4v) is 1.38. The molecule has 0 radical (unpaired) electrons. The Kier molecular flexibility index (Phi) is 4.85. The second-order valence-corrected chi connectivity index (χ2v) is 4.03. The first-order chi connectivity index (χ1) is 7.58. The first-order valence-electron chi connectivity index (χ1n) is 4.74. The molecule has 0 aliphatic heterocycles. The second-order valence-electron chi connectivity index (χ2n) is 3.28. The monoisotopic (exact) mass is 287 g/mol. The van der Waals surface area contributed by atoms with Crippen molar-refractivity contribution in [1.82, 2.24) is 4.98 Å². The molecule has 1 amide bonds. The Morgan fingerprint density at radius 3 is 2.94 bits per heavy atom. The maximum absolute atomic E-state index is 11.6. The predicted molar refractivity (Wildman–Crippen MR) is 65.2 cm³/mol. The van der Waals surface area contributed by atoms with Gasteiger partial charge in [-0.15, -0.1) is 0 Å². The Balaban J connectivity index is 2.73. The minimum absolute atomic E-state index is 0.144. The van der Waals surface area contributed by atoms with Crippen molar-refractivity contribution >= 4 is 27.5 Å². The highest BCUT2D eigenvalue weighted by molar-refractivity contribution is 9.10. The van der Waals surface area contributed by atoms with Gasteiger partial charge >= 0.3 is 0 Å². The number of carbonyl (C=O) groups is 1. The third-order valence-electron chi connectivity index (χ3n) is 2.07. The van der Waals surface area contributed by atoms with Gasteiger partial charge in [0.25, 0.3) is 5.91 Å². The van der Waals surface area contributed by atoms with Crippen LogP contribution in [-0.4, -0.2) is 30.6 Å². The molecule has 1 aromatic heterocycles. The molecule has 16 heavy (non-hydrogen) atoms. The molecule has 0 aliphatic carbocycles. The number of nitrogens with zero attached hydrogens (tertiary/aromatic N) is 1. The number of carbonyl (C=O) groups excluding carboxylic acids is 1. The lowest BCUT2D eigenvalue weighted by Crippen LogP contribution is -2.35. The summed E-state index contributed by atoms with van der Waals surface area (Å²) in [5.41, 5.74) is 6.95. The summed E-state index contributed by atoms with van der Waals surface area (Å²) >= 11 is 3.28.